The van der Waals surface area contributed by atoms with Crippen molar-refractivity contribution in [2.45, 2.75) is 11.3 Å². The fraction of sp³-hybridized carbons (Fsp3) is 0.143. The number of benzene rings is 3. The lowest BCUT2D eigenvalue weighted by molar-refractivity contribution is 0.0796. The number of likely N-dealkylation sites (N-methyl/N-ethyl adjacent to an activating group) is 1. The second kappa shape index (κ2) is 10.2. The molecule has 1 amide bonds. The maximum atomic E-state index is 14.8. The molecular weight excluding hydrogens is 509 g/mol. The zero-order valence-corrected chi connectivity index (χ0v) is 21.2. The average Bonchev–Trinajstić information content (AvgIpc) is 3.39. The molecular formula is C28H24FN3O5S. The summed E-state index contributed by atoms with van der Waals surface area (Å²) in [5, 5.41) is 5.14. The summed E-state index contributed by atoms with van der Waals surface area (Å²) in [5.41, 5.74) is 3.91. The van der Waals surface area contributed by atoms with Gasteiger partial charge in [0.25, 0.3) is 11.8 Å². The monoisotopic (exact) mass is 533 g/mol. The molecule has 2 N–H and O–H groups in total. The lowest BCUT2D eigenvalue weighted by atomic mass is 9.94. The van der Waals surface area contributed by atoms with E-state index in [1.54, 1.807) is 31.4 Å². The van der Waals surface area contributed by atoms with Gasteiger partial charge in [0.15, 0.2) is 5.75 Å². The van der Waals surface area contributed by atoms with Crippen LogP contribution in [0.1, 0.15) is 15.9 Å². The van der Waals surface area contributed by atoms with Gasteiger partial charge in [-0.05, 0) is 65.1 Å². The van der Waals surface area contributed by atoms with Crippen LogP contribution in [0.2, 0.25) is 0 Å². The lowest BCUT2D eigenvalue weighted by Crippen LogP contribution is -2.29. The van der Waals surface area contributed by atoms with Crippen LogP contribution in [0.25, 0.3) is 22.3 Å². The van der Waals surface area contributed by atoms with Crippen molar-refractivity contribution in [1.29, 1.82) is 0 Å². The van der Waals surface area contributed by atoms with Gasteiger partial charge in [-0.1, -0.05) is 36.4 Å². The SMILES string of the molecule is CN(CCc1ccc(S(N)(=O)=O)cc1)C(=O)c1cc(F)cc(-c2ccccc2-c2cnc3c(c2)OCO3)c1. The molecule has 4 aromatic rings. The number of pyridine rings is 1. The fourth-order valence-corrected chi connectivity index (χ4v) is 4.78. The highest BCUT2D eigenvalue weighted by Crippen LogP contribution is 2.38. The first-order valence-corrected chi connectivity index (χ1v) is 13.3. The number of rotatable bonds is 7. The number of halogens is 1. The van der Waals surface area contributed by atoms with Crippen LogP contribution < -0.4 is 14.6 Å². The van der Waals surface area contributed by atoms with Gasteiger partial charge in [0.05, 0.1) is 4.90 Å². The second-order valence-corrected chi connectivity index (χ2v) is 10.4. The van der Waals surface area contributed by atoms with E-state index in [0.29, 0.717) is 30.2 Å². The van der Waals surface area contributed by atoms with Crippen LogP contribution in [0.3, 0.4) is 0 Å². The number of hydrogen-bond donors (Lipinski definition) is 1. The Labute approximate surface area is 219 Å². The van der Waals surface area contributed by atoms with Gasteiger partial charge in [0.1, 0.15) is 5.82 Å². The van der Waals surface area contributed by atoms with E-state index in [1.165, 1.54) is 29.2 Å². The molecule has 3 aromatic carbocycles. The normalized spacial score (nSPS) is 12.4. The molecule has 0 saturated heterocycles. The van der Waals surface area contributed by atoms with Gasteiger partial charge in [0.2, 0.25) is 16.8 Å². The lowest BCUT2D eigenvalue weighted by Gasteiger charge is -2.18. The molecule has 0 fully saturated rings. The van der Waals surface area contributed by atoms with Crippen LogP contribution >= 0.6 is 0 Å². The Balaban J connectivity index is 1.37. The number of hydrogen-bond acceptors (Lipinski definition) is 6. The Bertz CT molecular complexity index is 1620. The molecule has 0 spiro atoms. The predicted molar refractivity (Wildman–Crippen MR) is 140 cm³/mol. The van der Waals surface area contributed by atoms with Gasteiger partial charge in [-0.25, -0.2) is 22.9 Å². The fourth-order valence-electron chi connectivity index (χ4n) is 4.26. The highest BCUT2D eigenvalue weighted by molar-refractivity contribution is 7.89. The van der Waals surface area contributed by atoms with Gasteiger partial charge in [-0.2, -0.15) is 0 Å². The maximum Gasteiger partial charge on any atom is 0.260 e. The Morgan fingerprint density at radius 2 is 1.71 bits per heavy atom. The number of amides is 1. The molecule has 5 rings (SSSR count). The number of primary sulfonamides is 1. The molecule has 0 atom stereocenters. The zero-order valence-electron chi connectivity index (χ0n) is 20.4. The Kier molecular flexibility index (Phi) is 6.83. The van der Waals surface area contributed by atoms with Crippen molar-refractivity contribution >= 4 is 15.9 Å². The molecule has 1 aliphatic rings. The molecule has 1 aromatic heterocycles. The van der Waals surface area contributed by atoms with Crippen molar-refractivity contribution in [2.75, 3.05) is 20.4 Å². The van der Waals surface area contributed by atoms with E-state index in [1.807, 2.05) is 30.3 Å². The standard InChI is InChI=1S/C28H24FN3O5S/c1-32(11-10-18-6-8-23(9-7-18)38(30,34)35)28(33)20-12-19(13-22(29)14-20)24-4-2-3-5-25(24)21-15-26-27(31-16-21)37-17-36-26/h2-9,12-16H,10-11,17H2,1H3,(H2,30,34,35). The number of carbonyl (C=O) groups is 1. The quantitative estimate of drug-likeness (QED) is 0.380. The summed E-state index contributed by atoms with van der Waals surface area (Å²) in [6.45, 7) is 0.454. The summed E-state index contributed by atoms with van der Waals surface area (Å²) < 4.78 is 48.4. The molecule has 8 nitrogen and oxygen atoms in total. The van der Waals surface area contributed by atoms with E-state index < -0.39 is 15.8 Å². The third kappa shape index (κ3) is 5.36. The molecule has 10 heteroatoms. The van der Waals surface area contributed by atoms with Crippen LogP contribution in [0, 0.1) is 5.82 Å². The van der Waals surface area contributed by atoms with Gasteiger partial charge in [0, 0.05) is 30.9 Å². The highest BCUT2D eigenvalue weighted by atomic mass is 32.2. The number of ether oxygens (including phenoxy) is 2. The number of sulfonamides is 1. The van der Waals surface area contributed by atoms with E-state index in [0.717, 1.165) is 22.3 Å². The van der Waals surface area contributed by atoms with Crippen molar-refractivity contribution in [3.63, 3.8) is 0 Å². The largest absolute Gasteiger partial charge is 0.452 e. The number of carbonyl (C=O) groups excluding carboxylic acids is 1. The van der Waals surface area contributed by atoms with E-state index in [-0.39, 0.29) is 23.2 Å². The summed E-state index contributed by atoms with van der Waals surface area (Å²) in [4.78, 5) is 19.0. The smallest absolute Gasteiger partial charge is 0.260 e. The van der Waals surface area contributed by atoms with Crippen molar-refractivity contribution < 1.29 is 27.1 Å². The summed E-state index contributed by atoms with van der Waals surface area (Å²) in [5.74, 6) is 0.0900. The van der Waals surface area contributed by atoms with Gasteiger partial charge in [-0.15, -0.1) is 0 Å². The average molecular weight is 534 g/mol. The number of nitrogens with zero attached hydrogens (tertiary/aromatic N) is 2. The molecule has 38 heavy (non-hydrogen) atoms. The molecule has 1 aliphatic heterocycles. The number of fused-ring (bicyclic) bond motifs is 1. The van der Waals surface area contributed by atoms with E-state index in [9.17, 15) is 17.6 Å². The minimum atomic E-state index is -3.77. The summed E-state index contributed by atoms with van der Waals surface area (Å²) in [6.07, 6.45) is 2.15. The molecule has 0 aliphatic carbocycles. The summed E-state index contributed by atoms with van der Waals surface area (Å²) >= 11 is 0. The zero-order chi connectivity index (χ0) is 26.9. The van der Waals surface area contributed by atoms with Crippen molar-refractivity contribution in [3.05, 3.63) is 95.9 Å². The number of aromatic nitrogens is 1. The third-order valence-electron chi connectivity index (χ3n) is 6.26. The van der Waals surface area contributed by atoms with E-state index in [4.69, 9.17) is 14.6 Å². The van der Waals surface area contributed by atoms with Crippen LogP contribution in [0.5, 0.6) is 11.6 Å². The Morgan fingerprint density at radius 1 is 1.00 bits per heavy atom. The minimum Gasteiger partial charge on any atom is -0.452 e. The molecule has 2 heterocycles. The molecule has 0 unspecified atom stereocenters. The highest BCUT2D eigenvalue weighted by Gasteiger charge is 2.19. The second-order valence-electron chi connectivity index (χ2n) is 8.87. The van der Waals surface area contributed by atoms with Crippen LogP contribution in [-0.2, 0) is 16.4 Å². The predicted octanol–water partition coefficient (Wildman–Crippen LogP) is 4.25. The Morgan fingerprint density at radius 3 is 2.42 bits per heavy atom. The summed E-state index contributed by atoms with van der Waals surface area (Å²) in [6, 6.07) is 19.7. The maximum absolute atomic E-state index is 14.8. The molecule has 0 radical (unpaired) electrons. The van der Waals surface area contributed by atoms with Gasteiger partial charge in [-0.3, -0.25) is 4.79 Å². The molecule has 0 bridgehead atoms. The van der Waals surface area contributed by atoms with Crippen molar-refractivity contribution in [1.82, 2.24) is 9.88 Å². The first-order chi connectivity index (χ1) is 18.2. The summed E-state index contributed by atoms with van der Waals surface area (Å²) in [7, 11) is -2.13. The van der Waals surface area contributed by atoms with Crippen LogP contribution in [0.4, 0.5) is 4.39 Å². The first-order valence-electron chi connectivity index (χ1n) is 11.7. The third-order valence-corrected chi connectivity index (χ3v) is 7.19. The molecule has 0 saturated carbocycles. The van der Waals surface area contributed by atoms with E-state index in [2.05, 4.69) is 4.98 Å². The minimum absolute atomic E-state index is 0.0229. The van der Waals surface area contributed by atoms with Gasteiger partial charge < -0.3 is 14.4 Å². The van der Waals surface area contributed by atoms with Crippen molar-refractivity contribution in [2.24, 2.45) is 5.14 Å². The van der Waals surface area contributed by atoms with Crippen LogP contribution in [-0.4, -0.2) is 44.6 Å². The van der Waals surface area contributed by atoms with Crippen molar-refractivity contribution in [3.8, 4) is 33.9 Å². The van der Waals surface area contributed by atoms with Crippen LogP contribution in [0.15, 0.2) is 83.9 Å². The topological polar surface area (TPSA) is 112 Å². The van der Waals surface area contributed by atoms with E-state index >= 15 is 0 Å². The number of nitrogens with two attached hydrogens (primary N) is 1. The van der Waals surface area contributed by atoms with Gasteiger partial charge >= 0.3 is 0 Å². The molecule has 194 valence electrons. The Hall–Kier alpha value is -4.28. The first kappa shape index (κ1) is 25.4.